The topological polar surface area (TPSA) is 26.3 Å². The molecule has 4 rings (SSSR count). The number of methoxy groups -OCH3 is 1. The average Bonchev–Trinajstić information content (AvgIpc) is 2.82. The molecule has 0 aromatic heterocycles. The average molecular weight is 398 g/mol. The first-order valence-corrected chi connectivity index (χ1v) is 10.7. The van der Waals surface area contributed by atoms with E-state index in [0.29, 0.717) is 5.56 Å². The van der Waals surface area contributed by atoms with E-state index in [1.54, 1.807) is 24.3 Å². The van der Waals surface area contributed by atoms with Crippen LogP contribution < -0.4 is 15.9 Å². The Morgan fingerprint density at radius 2 is 0.862 bits per heavy atom. The van der Waals surface area contributed by atoms with Crippen LogP contribution in [0.25, 0.3) is 0 Å². The molecule has 0 bridgehead atoms. The van der Waals surface area contributed by atoms with Crippen molar-refractivity contribution in [2.45, 2.75) is 0 Å². The van der Waals surface area contributed by atoms with Crippen LogP contribution in [0.15, 0.2) is 121 Å². The van der Waals surface area contributed by atoms with E-state index in [9.17, 15) is 4.79 Å². The molecule has 0 radical (unpaired) electrons. The Labute approximate surface area is 173 Å². The maximum atomic E-state index is 10.8. The van der Waals surface area contributed by atoms with Gasteiger partial charge in [-0.15, -0.1) is 0 Å². The van der Waals surface area contributed by atoms with Gasteiger partial charge in [-0.2, -0.15) is 0 Å². The summed E-state index contributed by atoms with van der Waals surface area (Å²) in [6, 6.07) is 41.2. The van der Waals surface area contributed by atoms with Crippen LogP contribution in [0.2, 0.25) is 0 Å². The van der Waals surface area contributed by atoms with Crippen molar-refractivity contribution in [3.8, 4) is 0 Å². The quantitative estimate of drug-likeness (QED) is 0.360. The van der Waals surface area contributed by atoms with E-state index >= 15 is 0 Å². The molecule has 0 heterocycles. The molecular weight excluding hydrogens is 375 g/mol. The van der Waals surface area contributed by atoms with Gasteiger partial charge in [0, 0.05) is 0 Å². The number of esters is 1. The number of rotatable bonds is 4. The van der Waals surface area contributed by atoms with Crippen LogP contribution in [0.5, 0.6) is 0 Å². The van der Waals surface area contributed by atoms with E-state index in [2.05, 4.69) is 95.7 Å². The zero-order valence-electron chi connectivity index (χ0n) is 16.3. The SMILES string of the molecule is COC(=O)c1ccccc1.c1ccc(P(c2ccccc2)c2ccccc2)cc1. The van der Waals surface area contributed by atoms with Gasteiger partial charge in [-0.1, -0.05) is 109 Å². The molecule has 0 aliphatic carbocycles. The standard InChI is InChI=1S/C18H15P.C8H8O2/c1-4-10-16(11-5-1)19(17-12-6-2-7-13-17)18-14-8-3-9-15-18;1-10-8(9)7-5-3-2-4-6-7/h1-15H;2-6H,1H3. The van der Waals surface area contributed by atoms with Gasteiger partial charge in [0.25, 0.3) is 0 Å². The molecule has 4 aromatic rings. The fraction of sp³-hybridized carbons (Fsp3) is 0.0385. The summed E-state index contributed by atoms with van der Waals surface area (Å²) in [5.41, 5.74) is 0.588. The van der Waals surface area contributed by atoms with E-state index in [4.69, 9.17) is 0 Å². The second-order valence-corrected chi connectivity index (χ2v) is 8.42. The Morgan fingerprint density at radius 3 is 1.17 bits per heavy atom. The minimum Gasteiger partial charge on any atom is -0.465 e. The molecular formula is C26H23O2P. The third-order valence-electron chi connectivity index (χ3n) is 4.24. The van der Waals surface area contributed by atoms with Crippen LogP contribution in [-0.4, -0.2) is 13.1 Å². The molecule has 0 aliphatic heterocycles. The predicted molar refractivity (Wildman–Crippen MR) is 123 cm³/mol. The van der Waals surface area contributed by atoms with E-state index in [1.807, 2.05) is 6.07 Å². The van der Waals surface area contributed by atoms with E-state index in [-0.39, 0.29) is 5.97 Å². The molecule has 0 N–H and O–H groups in total. The van der Waals surface area contributed by atoms with Crippen LogP contribution >= 0.6 is 7.92 Å². The first-order chi connectivity index (χ1) is 14.3. The summed E-state index contributed by atoms with van der Waals surface area (Å²) in [6.07, 6.45) is 0. The summed E-state index contributed by atoms with van der Waals surface area (Å²) < 4.78 is 4.50. The molecule has 144 valence electrons. The molecule has 0 fully saturated rings. The monoisotopic (exact) mass is 398 g/mol. The highest BCUT2D eigenvalue weighted by Gasteiger charge is 2.14. The van der Waals surface area contributed by atoms with Crippen LogP contribution in [0.1, 0.15) is 10.4 Å². The molecule has 0 spiro atoms. The molecule has 2 nitrogen and oxygen atoms in total. The van der Waals surface area contributed by atoms with Gasteiger partial charge >= 0.3 is 5.97 Å². The maximum Gasteiger partial charge on any atom is 0.337 e. The summed E-state index contributed by atoms with van der Waals surface area (Å²) in [7, 11) is 0.924. The lowest BCUT2D eigenvalue weighted by Crippen LogP contribution is -2.20. The third kappa shape index (κ3) is 5.88. The third-order valence-corrected chi connectivity index (χ3v) is 6.68. The van der Waals surface area contributed by atoms with Gasteiger partial charge in [0.15, 0.2) is 0 Å². The Hall–Kier alpha value is -3.22. The summed E-state index contributed by atoms with van der Waals surface area (Å²) >= 11 is 0. The Morgan fingerprint density at radius 1 is 0.552 bits per heavy atom. The normalized spacial score (nSPS) is 10.0. The fourth-order valence-electron chi connectivity index (χ4n) is 2.87. The van der Waals surface area contributed by atoms with Gasteiger partial charge in [0.2, 0.25) is 0 Å². The molecule has 29 heavy (non-hydrogen) atoms. The van der Waals surface area contributed by atoms with Crippen molar-refractivity contribution in [2.75, 3.05) is 7.11 Å². The maximum absolute atomic E-state index is 10.8. The molecule has 0 aliphatic rings. The van der Waals surface area contributed by atoms with Gasteiger partial charge < -0.3 is 4.74 Å². The molecule has 4 aromatic carbocycles. The molecule has 0 saturated carbocycles. The zero-order valence-corrected chi connectivity index (χ0v) is 17.2. The molecule has 0 amide bonds. The van der Waals surface area contributed by atoms with Crippen molar-refractivity contribution >= 4 is 29.8 Å². The highest BCUT2D eigenvalue weighted by molar-refractivity contribution is 7.79. The smallest absolute Gasteiger partial charge is 0.337 e. The second kappa shape index (κ2) is 10.9. The number of carbonyl (C=O) groups excluding carboxylic acids is 1. The minimum atomic E-state index is -0.446. The molecule has 0 atom stereocenters. The fourth-order valence-corrected chi connectivity index (χ4v) is 5.18. The highest BCUT2D eigenvalue weighted by Crippen LogP contribution is 2.32. The van der Waals surface area contributed by atoms with Gasteiger partial charge in [-0.05, 0) is 36.0 Å². The summed E-state index contributed by atoms with van der Waals surface area (Å²) in [6.45, 7) is 0. The highest BCUT2D eigenvalue weighted by atomic mass is 31.1. The van der Waals surface area contributed by atoms with Crippen molar-refractivity contribution in [1.29, 1.82) is 0 Å². The lowest BCUT2D eigenvalue weighted by atomic mass is 10.2. The van der Waals surface area contributed by atoms with Gasteiger partial charge in [0.1, 0.15) is 0 Å². The van der Waals surface area contributed by atoms with E-state index < -0.39 is 7.92 Å². The molecule has 0 unspecified atom stereocenters. The minimum absolute atomic E-state index is 0.291. The van der Waals surface area contributed by atoms with Crippen molar-refractivity contribution in [2.24, 2.45) is 0 Å². The molecule has 0 saturated heterocycles. The van der Waals surface area contributed by atoms with Gasteiger partial charge in [-0.3, -0.25) is 0 Å². The van der Waals surface area contributed by atoms with Crippen LogP contribution in [-0.2, 0) is 4.74 Å². The van der Waals surface area contributed by atoms with Crippen molar-refractivity contribution < 1.29 is 9.53 Å². The largest absolute Gasteiger partial charge is 0.465 e. The molecule has 3 heteroatoms. The van der Waals surface area contributed by atoms with Crippen LogP contribution in [0.4, 0.5) is 0 Å². The van der Waals surface area contributed by atoms with Crippen molar-refractivity contribution in [3.05, 3.63) is 127 Å². The number of hydrogen-bond donors (Lipinski definition) is 0. The lowest BCUT2D eigenvalue weighted by molar-refractivity contribution is 0.0600. The summed E-state index contributed by atoms with van der Waals surface area (Å²) in [4.78, 5) is 10.8. The predicted octanol–water partition coefficient (Wildman–Crippen LogP) is 4.92. The Balaban J connectivity index is 0.000000204. The summed E-state index contributed by atoms with van der Waals surface area (Å²) in [5, 5.41) is 4.19. The van der Waals surface area contributed by atoms with Crippen LogP contribution in [0, 0.1) is 0 Å². The van der Waals surface area contributed by atoms with E-state index in [0.717, 1.165) is 0 Å². The van der Waals surface area contributed by atoms with E-state index in [1.165, 1.54) is 23.0 Å². The number of carbonyl (C=O) groups is 1. The Kier molecular flexibility index (Phi) is 7.74. The van der Waals surface area contributed by atoms with Gasteiger partial charge in [-0.25, -0.2) is 4.79 Å². The number of benzene rings is 4. The van der Waals surface area contributed by atoms with Gasteiger partial charge in [0.05, 0.1) is 12.7 Å². The summed E-state index contributed by atoms with van der Waals surface area (Å²) in [5.74, 6) is -0.291. The lowest BCUT2D eigenvalue weighted by Gasteiger charge is -2.18. The van der Waals surface area contributed by atoms with Crippen LogP contribution in [0.3, 0.4) is 0 Å². The first-order valence-electron chi connectivity index (χ1n) is 9.38. The number of ether oxygens (including phenoxy) is 1. The Bertz CT molecular complexity index is 894. The second-order valence-electron chi connectivity index (χ2n) is 6.20. The zero-order chi connectivity index (χ0) is 20.3. The van der Waals surface area contributed by atoms with Crippen molar-refractivity contribution in [1.82, 2.24) is 0 Å². The van der Waals surface area contributed by atoms with Crippen molar-refractivity contribution in [3.63, 3.8) is 0 Å². The first kappa shape index (κ1) is 20.5. The number of hydrogen-bond acceptors (Lipinski definition) is 2.